The van der Waals surface area contributed by atoms with Crippen LogP contribution in [0, 0.1) is 0 Å². The minimum Gasteiger partial charge on any atom is -0.348 e. The van der Waals surface area contributed by atoms with Crippen molar-refractivity contribution in [2.45, 2.75) is 6.54 Å². The third-order valence-electron chi connectivity index (χ3n) is 2.63. The maximum absolute atomic E-state index is 11.4. The molecule has 0 spiro atoms. The molecule has 2 heterocycles. The van der Waals surface area contributed by atoms with Gasteiger partial charge in [0.2, 0.25) is 5.91 Å². The Morgan fingerprint density at radius 2 is 2.35 bits per heavy atom. The van der Waals surface area contributed by atoms with Crippen molar-refractivity contribution >= 4 is 16.9 Å². The smallest absolute Gasteiger partial charge is 0.236 e. The summed E-state index contributed by atoms with van der Waals surface area (Å²) in [5, 5.41) is 4.22. The molecule has 2 rings (SSSR count). The average Bonchev–Trinajstić information content (AvgIpc) is 2.72. The van der Waals surface area contributed by atoms with Gasteiger partial charge in [0.1, 0.15) is 5.65 Å². The molecule has 17 heavy (non-hydrogen) atoms. The van der Waals surface area contributed by atoms with E-state index in [-0.39, 0.29) is 5.91 Å². The predicted molar refractivity (Wildman–Crippen MR) is 66.5 cm³/mol. The molecule has 0 radical (unpaired) electrons. The molecule has 0 saturated carbocycles. The maximum atomic E-state index is 11.4. The second-order valence-corrected chi connectivity index (χ2v) is 4.11. The Balaban J connectivity index is 1.98. The summed E-state index contributed by atoms with van der Waals surface area (Å²) in [4.78, 5) is 20.3. The van der Waals surface area contributed by atoms with Gasteiger partial charge in [0.25, 0.3) is 0 Å². The van der Waals surface area contributed by atoms with Gasteiger partial charge in [-0.2, -0.15) is 0 Å². The zero-order chi connectivity index (χ0) is 12.3. The van der Waals surface area contributed by atoms with Gasteiger partial charge in [-0.25, -0.2) is 4.98 Å². The fourth-order valence-corrected chi connectivity index (χ4v) is 1.62. The zero-order valence-corrected chi connectivity index (χ0v) is 10.0. The Morgan fingerprint density at radius 3 is 3.12 bits per heavy atom. The molecule has 1 amide bonds. The van der Waals surface area contributed by atoms with Crippen LogP contribution in [-0.4, -0.2) is 41.4 Å². The highest BCUT2D eigenvalue weighted by Crippen LogP contribution is 2.14. The quantitative estimate of drug-likeness (QED) is 0.817. The fraction of sp³-hybridized carbons (Fsp3) is 0.333. The Labute approximate surface area is 99.8 Å². The third-order valence-corrected chi connectivity index (χ3v) is 2.63. The molecule has 0 aromatic carbocycles. The number of rotatable bonds is 4. The van der Waals surface area contributed by atoms with Gasteiger partial charge in [0.15, 0.2) is 0 Å². The molecule has 0 aliphatic carbocycles. The first kappa shape index (κ1) is 11.6. The van der Waals surface area contributed by atoms with E-state index in [1.165, 1.54) is 0 Å². The zero-order valence-electron chi connectivity index (χ0n) is 10.0. The number of carbonyl (C=O) groups excluding carboxylic acids is 1. The van der Waals surface area contributed by atoms with Crippen molar-refractivity contribution in [3.63, 3.8) is 0 Å². The first-order valence-corrected chi connectivity index (χ1v) is 5.50. The van der Waals surface area contributed by atoms with Gasteiger partial charge < -0.3 is 15.2 Å². The van der Waals surface area contributed by atoms with Crippen LogP contribution < -0.4 is 5.32 Å². The summed E-state index contributed by atoms with van der Waals surface area (Å²) in [5.74, 6) is 0.0722. The number of likely N-dealkylation sites (N-methyl/N-ethyl adjacent to an activating group) is 1. The lowest BCUT2D eigenvalue weighted by atomic mass is 10.2. The van der Waals surface area contributed by atoms with Crippen molar-refractivity contribution in [3.05, 3.63) is 30.1 Å². The summed E-state index contributed by atoms with van der Waals surface area (Å²) in [6, 6.07) is 3.92. The number of hydrogen-bond acceptors (Lipinski definition) is 3. The molecule has 0 atom stereocenters. The molecule has 5 nitrogen and oxygen atoms in total. The van der Waals surface area contributed by atoms with Crippen LogP contribution in [-0.2, 0) is 11.3 Å². The van der Waals surface area contributed by atoms with E-state index in [1.54, 1.807) is 25.2 Å². The average molecular weight is 232 g/mol. The van der Waals surface area contributed by atoms with Crippen molar-refractivity contribution in [2.24, 2.45) is 0 Å². The van der Waals surface area contributed by atoms with E-state index < -0.39 is 0 Å². The van der Waals surface area contributed by atoms with Gasteiger partial charge >= 0.3 is 0 Å². The van der Waals surface area contributed by atoms with Crippen molar-refractivity contribution in [1.82, 2.24) is 20.2 Å². The maximum Gasteiger partial charge on any atom is 0.236 e. The molecule has 0 fully saturated rings. The highest BCUT2D eigenvalue weighted by atomic mass is 16.2. The first-order valence-electron chi connectivity index (χ1n) is 5.50. The van der Waals surface area contributed by atoms with Crippen molar-refractivity contribution < 1.29 is 4.79 Å². The van der Waals surface area contributed by atoms with E-state index in [9.17, 15) is 4.79 Å². The number of nitrogens with zero attached hydrogens (tertiary/aromatic N) is 2. The lowest BCUT2D eigenvalue weighted by Gasteiger charge is -2.10. The van der Waals surface area contributed by atoms with Crippen LogP contribution in [0.2, 0.25) is 0 Å². The number of aromatic amines is 1. The van der Waals surface area contributed by atoms with Crippen LogP contribution in [0.5, 0.6) is 0 Å². The number of H-pyrrole nitrogens is 1. The third kappa shape index (κ3) is 2.62. The highest BCUT2D eigenvalue weighted by Gasteiger charge is 2.05. The summed E-state index contributed by atoms with van der Waals surface area (Å²) < 4.78 is 0. The molecule has 5 heteroatoms. The minimum absolute atomic E-state index is 0.0722. The van der Waals surface area contributed by atoms with E-state index in [0.29, 0.717) is 13.1 Å². The van der Waals surface area contributed by atoms with Gasteiger partial charge in [-0.1, -0.05) is 0 Å². The van der Waals surface area contributed by atoms with Gasteiger partial charge in [0, 0.05) is 38.4 Å². The monoisotopic (exact) mass is 232 g/mol. The van der Waals surface area contributed by atoms with Gasteiger partial charge in [-0.05, 0) is 17.7 Å². The summed E-state index contributed by atoms with van der Waals surface area (Å²) >= 11 is 0. The topological polar surface area (TPSA) is 61.0 Å². The van der Waals surface area contributed by atoms with Crippen LogP contribution in [0.25, 0.3) is 11.0 Å². The Kier molecular flexibility index (Phi) is 3.39. The normalized spacial score (nSPS) is 10.7. The number of aromatic nitrogens is 2. The summed E-state index contributed by atoms with van der Waals surface area (Å²) in [7, 11) is 3.50. The summed E-state index contributed by atoms with van der Waals surface area (Å²) in [6.07, 6.45) is 3.68. The van der Waals surface area contributed by atoms with Crippen LogP contribution in [0.3, 0.4) is 0 Å². The van der Waals surface area contributed by atoms with Crippen LogP contribution in [0.15, 0.2) is 24.5 Å². The Bertz CT molecular complexity index is 518. The molecule has 2 aromatic heterocycles. The molecular weight excluding hydrogens is 216 g/mol. The van der Waals surface area contributed by atoms with Gasteiger partial charge in [0.05, 0.1) is 6.54 Å². The van der Waals surface area contributed by atoms with Crippen molar-refractivity contribution in [2.75, 3.05) is 20.6 Å². The van der Waals surface area contributed by atoms with Crippen LogP contribution >= 0.6 is 0 Å². The Hall–Kier alpha value is -1.88. The Morgan fingerprint density at radius 1 is 1.53 bits per heavy atom. The number of carbonyl (C=O) groups is 1. The fourth-order valence-electron chi connectivity index (χ4n) is 1.62. The number of nitrogens with one attached hydrogen (secondary N) is 2. The van der Waals surface area contributed by atoms with Gasteiger partial charge in [-0.15, -0.1) is 0 Å². The van der Waals surface area contributed by atoms with Gasteiger partial charge in [-0.3, -0.25) is 4.79 Å². The second kappa shape index (κ2) is 4.97. The molecule has 0 saturated heterocycles. The molecule has 0 bridgehead atoms. The SMILES string of the molecule is CN(C)C(=O)CNCc1c[nH]c2ncccc12. The highest BCUT2D eigenvalue weighted by molar-refractivity contribution is 5.80. The number of amides is 1. The molecular formula is C12H16N4O. The predicted octanol–water partition coefficient (Wildman–Crippen LogP) is 0.741. The lowest BCUT2D eigenvalue weighted by Crippen LogP contribution is -2.32. The summed E-state index contributed by atoms with van der Waals surface area (Å²) in [6.45, 7) is 1.01. The van der Waals surface area contributed by atoms with Crippen LogP contribution in [0.1, 0.15) is 5.56 Å². The number of hydrogen-bond donors (Lipinski definition) is 2. The van der Waals surface area contributed by atoms with Crippen LogP contribution in [0.4, 0.5) is 0 Å². The molecule has 0 unspecified atom stereocenters. The molecule has 0 aliphatic heterocycles. The van der Waals surface area contributed by atoms with Crippen molar-refractivity contribution in [3.8, 4) is 0 Å². The lowest BCUT2D eigenvalue weighted by molar-refractivity contribution is -0.127. The van der Waals surface area contributed by atoms with E-state index in [2.05, 4.69) is 15.3 Å². The second-order valence-electron chi connectivity index (χ2n) is 4.11. The standard InChI is InChI=1S/C12H16N4O/c1-16(2)11(17)8-13-6-9-7-15-12-10(9)4-3-5-14-12/h3-5,7,13H,6,8H2,1-2H3,(H,14,15). The number of pyridine rings is 1. The van der Waals surface area contributed by atoms with E-state index in [4.69, 9.17) is 0 Å². The molecule has 2 N–H and O–H groups in total. The van der Waals surface area contributed by atoms with Crippen molar-refractivity contribution in [1.29, 1.82) is 0 Å². The summed E-state index contributed by atoms with van der Waals surface area (Å²) in [5.41, 5.74) is 2.00. The molecule has 90 valence electrons. The largest absolute Gasteiger partial charge is 0.348 e. The molecule has 0 aliphatic rings. The minimum atomic E-state index is 0.0722. The molecule has 2 aromatic rings. The van der Waals surface area contributed by atoms with E-state index in [1.807, 2.05) is 18.3 Å². The number of fused-ring (bicyclic) bond motifs is 1. The van der Waals surface area contributed by atoms with E-state index >= 15 is 0 Å². The van der Waals surface area contributed by atoms with E-state index in [0.717, 1.165) is 16.6 Å². The first-order chi connectivity index (χ1) is 8.18.